The van der Waals surface area contributed by atoms with Gasteiger partial charge in [-0.25, -0.2) is 9.78 Å². The Bertz CT molecular complexity index is 1180. The lowest BCUT2D eigenvalue weighted by Gasteiger charge is -2.15. The molecule has 0 unspecified atom stereocenters. The number of nitrogens with one attached hydrogen (secondary N) is 2. The predicted octanol–water partition coefficient (Wildman–Crippen LogP) is 3.55. The molecule has 0 aliphatic heterocycles. The number of fused-ring (bicyclic) bond motifs is 1. The summed E-state index contributed by atoms with van der Waals surface area (Å²) in [7, 11) is 0. The van der Waals surface area contributed by atoms with Crippen molar-refractivity contribution in [1.29, 1.82) is 0 Å². The summed E-state index contributed by atoms with van der Waals surface area (Å²) in [6, 6.07) is 14.3. The zero-order valence-corrected chi connectivity index (χ0v) is 18.1. The Hall–Kier alpha value is -3.13. The Labute approximate surface area is 184 Å². The molecule has 2 aromatic carbocycles. The SMILES string of the molecule is Cc1ccccc1-n1c(SCC(=O)NC(=O)NC2CCCC2)nc2ccccc2c1=O. The Morgan fingerprint density at radius 3 is 2.58 bits per heavy atom. The average Bonchev–Trinajstić information content (AvgIpc) is 3.26. The molecule has 0 bridgehead atoms. The van der Waals surface area contributed by atoms with Gasteiger partial charge >= 0.3 is 6.03 Å². The van der Waals surface area contributed by atoms with E-state index in [1.807, 2.05) is 37.3 Å². The van der Waals surface area contributed by atoms with E-state index in [2.05, 4.69) is 15.6 Å². The molecule has 1 fully saturated rings. The topological polar surface area (TPSA) is 93.1 Å². The lowest BCUT2D eigenvalue weighted by molar-refractivity contribution is -0.117. The van der Waals surface area contributed by atoms with Gasteiger partial charge in [0.1, 0.15) is 0 Å². The fourth-order valence-electron chi connectivity index (χ4n) is 3.82. The lowest BCUT2D eigenvalue weighted by Crippen LogP contribution is -2.44. The van der Waals surface area contributed by atoms with Crippen LogP contribution >= 0.6 is 11.8 Å². The Morgan fingerprint density at radius 1 is 1.10 bits per heavy atom. The molecule has 7 nitrogen and oxygen atoms in total. The highest BCUT2D eigenvalue weighted by Gasteiger charge is 2.19. The van der Waals surface area contributed by atoms with Gasteiger partial charge in [0.2, 0.25) is 5.91 Å². The van der Waals surface area contributed by atoms with Crippen LogP contribution in [-0.4, -0.2) is 33.3 Å². The number of carbonyl (C=O) groups is 2. The van der Waals surface area contributed by atoms with Gasteiger partial charge in [0.05, 0.1) is 22.3 Å². The van der Waals surface area contributed by atoms with Gasteiger partial charge in [-0.05, 0) is 43.5 Å². The highest BCUT2D eigenvalue weighted by molar-refractivity contribution is 7.99. The zero-order valence-electron chi connectivity index (χ0n) is 17.3. The maximum atomic E-state index is 13.3. The van der Waals surface area contributed by atoms with Crippen LogP contribution in [0.25, 0.3) is 16.6 Å². The van der Waals surface area contributed by atoms with Crippen LogP contribution in [0.2, 0.25) is 0 Å². The van der Waals surface area contributed by atoms with Crippen LogP contribution < -0.4 is 16.2 Å². The van der Waals surface area contributed by atoms with Gasteiger partial charge < -0.3 is 5.32 Å². The maximum absolute atomic E-state index is 13.3. The van der Waals surface area contributed by atoms with Gasteiger partial charge in [0.25, 0.3) is 5.56 Å². The van der Waals surface area contributed by atoms with Crippen LogP contribution in [0, 0.1) is 6.92 Å². The van der Waals surface area contributed by atoms with E-state index in [4.69, 9.17) is 0 Å². The molecular formula is C23H24N4O3S. The lowest BCUT2D eigenvalue weighted by atomic mass is 10.2. The van der Waals surface area contributed by atoms with Crippen LogP contribution in [0.3, 0.4) is 0 Å². The molecule has 160 valence electrons. The molecule has 8 heteroatoms. The Morgan fingerprint density at radius 2 is 1.81 bits per heavy atom. The molecule has 0 saturated heterocycles. The first kappa shape index (κ1) is 21.1. The molecular weight excluding hydrogens is 412 g/mol. The number of aryl methyl sites for hydroxylation is 1. The summed E-state index contributed by atoms with van der Waals surface area (Å²) in [4.78, 5) is 42.3. The molecule has 1 heterocycles. The smallest absolute Gasteiger partial charge is 0.321 e. The first-order chi connectivity index (χ1) is 15.0. The number of nitrogens with zero attached hydrogens (tertiary/aromatic N) is 2. The van der Waals surface area contributed by atoms with E-state index in [1.165, 1.54) is 4.57 Å². The van der Waals surface area contributed by atoms with Crippen molar-refractivity contribution in [3.63, 3.8) is 0 Å². The summed E-state index contributed by atoms with van der Waals surface area (Å²) in [5.74, 6) is -0.464. The van der Waals surface area contributed by atoms with E-state index in [-0.39, 0.29) is 17.4 Å². The number of hydrogen-bond donors (Lipinski definition) is 2. The van der Waals surface area contributed by atoms with Gasteiger partial charge in [-0.1, -0.05) is 54.9 Å². The van der Waals surface area contributed by atoms with Gasteiger partial charge in [0.15, 0.2) is 5.16 Å². The van der Waals surface area contributed by atoms with Crippen molar-refractivity contribution in [1.82, 2.24) is 20.2 Å². The first-order valence-electron chi connectivity index (χ1n) is 10.3. The Kier molecular flexibility index (Phi) is 6.36. The van der Waals surface area contributed by atoms with Crippen molar-refractivity contribution in [2.45, 2.75) is 43.8 Å². The number of hydrogen-bond acceptors (Lipinski definition) is 5. The molecule has 1 aromatic heterocycles. The maximum Gasteiger partial charge on any atom is 0.321 e. The number of imide groups is 1. The third kappa shape index (κ3) is 4.80. The third-order valence-electron chi connectivity index (χ3n) is 5.38. The molecule has 3 amide bonds. The van der Waals surface area contributed by atoms with Crippen molar-refractivity contribution >= 4 is 34.6 Å². The number of rotatable bonds is 5. The van der Waals surface area contributed by atoms with Crippen LogP contribution in [0.5, 0.6) is 0 Å². The third-order valence-corrected chi connectivity index (χ3v) is 6.32. The van der Waals surface area contributed by atoms with Crippen molar-refractivity contribution in [3.05, 3.63) is 64.4 Å². The molecule has 4 rings (SSSR count). The van der Waals surface area contributed by atoms with Crippen molar-refractivity contribution < 1.29 is 9.59 Å². The summed E-state index contributed by atoms with van der Waals surface area (Å²) < 4.78 is 1.54. The minimum Gasteiger partial charge on any atom is -0.335 e. The number of aromatic nitrogens is 2. The molecule has 0 atom stereocenters. The summed E-state index contributed by atoms with van der Waals surface area (Å²) in [5.41, 5.74) is 2.01. The highest BCUT2D eigenvalue weighted by atomic mass is 32.2. The number of para-hydroxylation sites is 2. The molecule has 2 N–H and O–H groups in total. The second kappa shape index (κ2) is 9.34. The fourth-order valence-corrected chi connectivity index (χ4v) is 4.63. The number of thioether (sulfide) groups is 1. The van der Waals surface area contributed by atoms with E-state index in [0.29, 0.717) is 21.7 Å². The molecule has 1 aliphatic rings. The standard InChI is InChI=1S/C23H24N4O3S/c1-15-8-2-7-13-19(15)27-21(29)17-11-5-6-12-18(17)25-23(27)31-14-20(28)26-22(30)24-16-9-3-4-10-16/h2,5-8,11-13,16H,3-4,9-10,14H2,1H3,(H2,24,26,28,30). The second-order valence-corrected chi connectivity index (χ2v) is 8.57. The minimum atomic E-state index is -0.472. The Balaban J connectivity index is 1.57. The monoisotopic (exact) mass is 436 g/mol. The fraction of sp³-hybridized carbons (Fsp3) is 0.304. The van der Waals surface area contributed by atoms with Crippen LogP contribution in [0.4, 0.5) is 4.79 Å². The van der Waals surface area contributed by atoms with Crippen LogP contribution in [-0.2, 0) is 4.79 Å². The molecule has 1 aliphatic carbocycles. The van der Waals surface area contributed by atoms with Gasteiger partial charge in [0, 0.05) is 6.04 Å². The number of benzene rings is 2. The summed E-state index contributed by atoms with van der Waals surface area (Å²) in [6.07, 6.45) is 4.08. The molecule has 31 heavy (non-hydrogen) atoms. The van der Waals surface area contributed by atoms with Gasteiger partial charge in [-0.3, -0.25) is 19.5 Å². The number of urea groups is 1. The average molecular weight is 437 g/mol. The number of amides is 3. The molecule has 0 spiro atoms. The van der Waals surface area contributed by atoms with Gasteiger partial charge in [-0.15, -0.1) is 0 Å². The van der Waals surface area contributed by atoms with E-state index in [0.717, 1.165) is 43.0 Å². The molecule has 3 aromatic rings. The summed E-state index contributed by atoms with van der Waals surface area (Å²) in [5, 5.41) is 6.13. The quantitative estimate of drug-likeness (QED) is 0.471. The normalized spacial score (nSPS) is 14.0. The zero-order chi connectivity index (χ0) is 21.8. The summed E-state index contributed by atoms with van der Waals surface area (Å²) in [6.45, 7) is 1.92. The van der Waals surface area contributed by atoms with E-state index < -0.39 is 11.9 Å². The van der Waals surface area contributed by atoms with Crippen LogP contribution in [0.1, 0.15) is 31.2 Å². The molecule has 0 radical (unpaired) electrons. The van der Waals surface area contributed by atoms with E-state index >= 15 is 0 Å². The largest absolute Gasteiger partial charge is 0.335 e. The van der Waals surface area contributed by atoms with Crippen LogP contribution in [0.15, 0.2) is 58.5 Å². The highest BCUT2D eigenvalue weighted by Crippen LogP contribution is 2.23. The minimum absolute atomic E-state index is 0.0330. The number of carbonyl (C=O) groups excluding carboxylic acids is 2. The van der Waals surface area contributed by atoms with E-state index in [1.54, 1.807) is 18.2 Å². The summed E-state index contributed by atoms with van der Waals surface area (Å²) >= 11 is 1.13. The van der Waals surface area contributed by atoms with Crippen molar-refractivity contribution in [2.24, 2.45) is 0 Å². The van der Waals surface area contributed by atoms with Crippen molar-refractivity contribution in [2.75, 3.05) is 5.75 Å². The predicted molar refractivity (Wildman–Crippen MR) is 122 cm³/mol. The van der Waals surface area contributed by atoms with Crippen molar-refractivity contribution in [3.8, 4) is 5.69 Å². The molecule has 1 saturated carbocycles. The second-order valence-electron chi connectivity index (χ2n) is 7.63. The van der Waals surface area contributed by atoms with Gasteiger partial charge in [-0.2, -0.15) is 0 Å². The first-order valence-corrected chi connectivity index (χ1v) is 11.3. The van der Waals surface area contributed by atoms with E-state index in [9.17, 15) is 14.4 Å².